The third-order valence-corrected chi connectivity index (χ3v) is 27.5. The number of hydrogen-bond acceptors (Lipinski definition) is 8. The number of para-hydroxylation sites is 1. The molecule has 0 aliphatic carbocycles. The first-order valence-electron chi connectivity index (χ1n) is 37.4. The number of halogens is 5. The molecule has 4 atom stereocenters. The van der Waals surface area contributed by atoms with E-state index >= 15 is 0 Å². The lowest BCUT2D eigenvalue weighted by Gasteiger charge is -2.22. The van der Waals surface area contributed by atoms with E-state index in [1.165, 1.54) is 55.0 Å². The van der Waals surface area contributed by atoms with E-state index in [-0.39, 0.29) is 91.9 Å². The lowest BCUT2D eigenvalue weighted by Crippen LogP contribution is -2.39. The molecule has 0 radical (unpaired) electrons. The molecule has 0 aromatic heterocycles. The van der Waals surface area contributed by atoms with Gasteiger partial charge in [0.25, 0.3) is 0 Å². The van der Waals surface area contributed by atoms with E-state index in [4.69, 9.17) is 0 Å². The fraction of sp³-hybridized carbons (Fsp3) is 0.290. The van der Waals surface area contributed by atoms with E-state index in [1.807, 2.05) is 97.1 Å². The van der Waals surface area contributed by atoms with E-state index in [0.29, 0.717) is 49.5 Å². The molecule has 112 heavy (non-hydrogen) atoms. The molecule has 0 aliphatic heterocycles. The largest absolute Gasteiger partial charge is 0.507 e. The molecule has 600 valence electrons. The van der Waals surface area contributed by atoms with Crippen molar-refractivity contribution in [2.45, 2.75) is 178 Å². The zero-order chi connectivity index (χ0) is 78.8. The van der Waals surface area contributed by atoms with Crippen LogP contribution >= 0.6 is 84.0 Å². The van der Waals surface area contributed by atoms with Crippen molar-refractivity contribution in [2.24, 2.45) is 0 Å². The van der Waals surface area contributed by atoms with Gasteiger partial charge in [0.15, 0.2) is 0 Å². The maximum atomic E-state index is 14.1. The predicted molar refractivity (Wildman–Crippen MR) is 511 cm³/mol. The molecule has 8 nitrogen and oxygen atoms in total. The molecular formula is C93H121Cl4FN4O4P4Si2. The fourth-order valence-electron chi connectivity index (χ4n) is 11.6. The van der Waals surface area contributed by atoms with Gasteiger partial charge >= 0.3 is 0 Å². The first-order valence-corrected chi connectivity index (χ1v) is 48.4. The van der Waals surface area contributed by atoms with Crippen LogP contribution in [0, 0.1) is 12.7 Å². The van der Waals surface area contributed by atoms with Crippen molar-refractivity contribution in [2.75, 3.05) is 0 Å². The highest BCUT2D eigenvalue weighted by molar-refractivity contribution is 7.57. The second-order valence-corrected chi connectivity index (χ2v) is 49.3. The summed E-state index contributed by atoms with van der Waals surface area (Å²) in [6.45, 7) is 45.0. The topological polar surface area (TPSA) is 129 Å². The van der Waals surface area contributed by atoms with Crippen molar-refractivity contribution in [3.05, 3.63) is 276 Å². The van der Waals surface area contributed by atoms with Crippen LogP contribution in [0.5, 0.6) is 23.0 Å². The van der Waals surface area contributed by atoms with Gasteiger partial charge in [-0.15, -0.1) is 49.6 Å². The monoisotopic (exact) mass is 1700 g/mol. The highest BCUT2D eigenvalue weighted by Gasteiger charge is 2.24. The Balaban J connectivity index is 0.000000314. The minimum Gasteiger partial charge on any atom is -0.507 e. The average Bonchev–Trinajstić information content (AvgIpc) is 0.773. The number of aromatic hydroxyl groups is 4. The predicted octanol–water partition coefficient (Wildman–Crippen LogP) is 19.9. The Kier molecular flexibility index (Phi) is 38.7. The number of aryl methyl sites for hydroxylation is 1. The highest BCUT2D eigenvalue weighted by atomic mass is 35.5. The van der Waals surface area contributed by atoms with Gasteiger partial charge in [0.1, 0.15) is 28.8 Å². The molecule has 0 saturated heterocycles. The first kappa shape index (κ1) is 98.1. The Bertz CT molecular complexity index is 4700. The van der Waals surface area contributed by atoms with Crippen molar-refractivity contribution >= 4 is 153 Å². The molecule has 0 bridgehead atoms. The molecule has 0 amide bonds. The summed E-state index contributed by atoms with van der Waals surface area (Å²) in [6, 6.07) is 81.4. The van der Waals surface area contributed by atoms with Crippen LogP contribution < -0.4 is 74.1 Å². The Hall–Kier alpha value is -6.30. The molecule has 19 heteroatoms. The minimum absolute atomic E-state index is 0. The van der Waals surface area contributed by atoms with Crippen molar-refractivity contribution in [1.29, 1.82) is 0 Å². The van der Waals surface area contributed by atoms with Crippen LogP contribution in [0.15, 0.2) is 243 Å². The van der Waals surface area contributed by atoms with E-state index < -0.39 is 16.1 Å². The summed E-state index contributed by atoms with van der Waals surface area (Å²) >= 11 is 0. The summed E-state index contributed by atoms with van der Waals surface area (Å²) < 4.78 is 14.1. The quantitative estimate of drug-likeness (QED) is 0.0264. The number of phenols is 4. The second-order valence-electron chi connectivity index (χ2n) is 33.9. The maximum Gasteiger partial charge on any atom is 0.131 e. The summed E-state index contributed by atoms with van der Waals surface area (Å²) in [5.41, 5.74) is 12.5. The normalized spacial score (nSPS) is 11.9. The Morgan fingerprint density at radius 2 is 0.679 bits per heavy atom. The minimum atomic E-state index is -1.54. The average molecular weight is 1700 g/mol. The molecule has 0 spiro atoms. The molecule has 0 heterocycles. The smallest absolute Gasteiger partial charge is 0.131 e. The van der Waals surface area contributed by atoms with Crippen LogP contribution in [0.1, 0.15) is 111 Å². The van der Waals surface area contributed by atoms with Gasteiger partial charge < -0.3 is 41.7 Å². The van der Waals surface area contributed by atoms with Gasteiger partial charge in [0.2, 0.25) is 0 Å². The van der Waals surface area contributed by atoms with Crippen LogP contribution in [-0.4, -0.2) is 58.7 Å². The number of hydrogen-bond donors (Lipinski definition) is 8. The third-order valence-electron chi connectivity index (χ3n) is 17.8. The second kappa shape index (κ2) is 44.1. The van der Waals surface area contributed by atoms with Gasteiger partial charge in [0, 0.05) is 75.1 Å². The molecule has 8 N–H and O–H groups in total. The van der Waals surface area contributed by atoms with Crippen molar-refractivity contribution < 1.29 is 24.8 Å². The molecular weight excluding hydrogens is 1580 g/mol. The molecule has 0 fully saturated rings. The highest BCUT2D eigenvalue weighted by Crippen LogP contribution is 2.37. The van der Waals surface area contributed by atoms with E-state index in [1.54, 1.807) is 6.07 Å². The number of benzene rings is 11. The first-order chi connectivity index (χ1) is 50.8. The molecule has 0 saturated carbocycles. The van der Waals surface area contributed by atoms with E-state index in [0.717, 1.165) is 84.7 Å². The molecule has 11 aromatic carbocycles. The Labute approximate surface area is 703 Å². The zero-order valence-electron chi connectivity index (χ0n) is 68.7. The van der Waals surface area contributed by atoms with E-state index in [9.17, 15) is 24.8 Å². The summed E-state index contributed by atoms with van der Waals surface area (Å²) in [4.78, 5) is 0. The van der Waals surface area contributed by atoms with Crippen molar-refractivity contribution in [3.63, 3.8) is 0 Å². The molecule has 11 rings (SSSR count). The van der Waals surface area contributed by atoms with Gasteiger partial charge in [-0.25, -0.2) is 4.39 Å². The van der Waals surface area contributed by atoms with Crippen LogP contribution in [0.3, 0.4) is 0 Å². The lowest BCUT2D eigenvalue weighted by molar-refractivity contribution is 0.424. The van der Waals surface area contributed by atoms with Crippen LogP contribution in [-0.2, 0) is 26.2 Å². The summed E-state index contributed by atoms with van der Waals surface area (Å²) in [5.74, 6) is 1.31. The molecule has 4 unspecified atom stereocenters. The van der Waals surface area contributed by atoms with Gasteiger partial charge in [-0.3, -0.25) is 0 Å². The summed E-state index contributed by atoms with van der Waals surface area (Å²) in [6.07, 6.45) is 0. The van der Waals surface area contributed by atoms with Crippen LogP contribution in [0.2, 0.25) is 39.3 Å². The number of phenolic OH excluding ortho intramolecular Hbond substituents is 4. The standard InChI is InChI=1S/C29H29FNOP.C24H28NOP.2C20H30NOPSi.4ClH/c1-29(2,3)31-19-23-16-24(30)14-15-26(23)33-27-18-22(20-10-6-4-7-11-20)17-25(28(27)32)21-12-8-5-9-13-21;1-17-10-13-22(20(14-17)16-25-24(2,3)4)27-23-15-19(11-12-21(23)26)18-8-6-5-7-9-18;1-20(2,3)21-14-15-10-7-8-11-16(15)23-17-12-9-13-18(19(17)22)24(4,5)6;1-20(2,3)21-14-15-9-7-8-10-18(15)23-19-13-16(24(4,5)6)11-12-17(19)22;;;;/h4-18,31-33H,19H2,1-3H3;5-15,25-27H,16H2,1-4H3;2*7-13,21-23H,14H2,1-6H3;4*1H. The van der Waals surface area contributed by atoms with E-state index in [2.05, 4.69) is 284 Å². The molecule has 11 aromatic rings. The van der Waals surface area contributed by atoms with Crippen LogP contribution in [0.25, 0.3) is 33.4 Å². The summed E-state index contributed by atoms with van der Waals surface area (Å²) in [7, 11) is -1.36. The molecule has 0 aliphatic rings. The number of nitrogens with one attached hydrogen (secondary N) is 4. The summed E-state index contributed by atoms with van der Waals surface area (Å²) in [5, 5.41) is 68.4. The third kappa shape index (κ3) is 31.7. The Morgan fingerprint density at radius 3 is 1.15 bits per heavy atom. The van der Waals surface area contributed by atoms with Crippen molar-refractivity contribution in [3.8, 4) is 56.4 Å². The van der Waals surface area contributed by atoms with Crippen LogP contribution in [0.4, 0.5) is 4.39 Å². The van der Waals surface area contributed by atoms with Crippen molar-refractivity contribution in [1.82, 2.24) is 21.3 Å². The number of rotatable bonds is 21. The lowest BCUT2D eigenvalue weighted by atomic mass is 9.98. The SMILES string of the molecule is CC(C)(C)NCc1cc(F)ccc1Pc1cc(-c2ccccc2)cc(-c2ccccc2)c1O.CC(C)(C)NCc1ccccc1Pc1cc([Si](C)(C)C)ccc1O.CC(C)(C)NCc1ccccc1Pc1cccc([Si](C)(C)C)c1O.Cc1ccc(Pc2cc(-c3ccccc3)ccc2O)c(CNC(C)(C)C)c1.Cl.Cl.Cl.Cl. The maximum absolute atomic E-state index is 14.1. The van der Waals surface area contributed by atoms with Gasteiger partial charge in [-0.1, -0.05) is 285 Å². The van der Waals surface area contributed by atoms with Gasteiger partial charge in [-0.2, -0.15) is 0 Å². The fourth-order valence-corrected chi connectivity index (χ4v) is 19.4. The Morgan fingerprint density at radius 1 is 0.304 bits per heavy atom. The van der Waals surface area contributed by atoms with Gasteiger partial charge in [-0.05, 0) is 209 Å². The zero-order valence-corrected chi connectivity index (χ0v) is 78.0. The van der Waals surface area contributed by atoms with Gasteiger partial charge in [0.05, 0.1) is 16.1 Å².